The van der Waals surface area contributed by atoms with Gasteiger partial charge < -0.3 is 15.4 Å². The zero-order chi connectivity index (χ0) is 11.3. The second-order valence-electron chi connectivity index (χ2n) is 3.23. The highest BCUT2D eigenvalue weighted by Crippen LogP contribution is 2.11. The molecule has 0 spiro atoms. The molecule has 5 nitrogen and oxygen atoms in total. The van der Waals surface area contributed by atoms with Crippen molar-refractivity contribution in [1.29, 1.82) is 0 Å². The van der Waals surface area contributed by atoms with Gasteiger partial charge in [0.25, 0.3) is 0 Å². The molecule has 0 radical (unpaired) electrons. The molecule has 82 valence electrons. The first kappa shape index (κ1) is 11.5. The van der Waals surface area contributed by atoms with E-state index in [4.69, 9.17) is 15.4 Å². The lowest BCUT2D eigenvalue weighted by atomic mass is 10.1. The first-order valence-corrected chi connectivity index (χ1v) is 4.54. The van der Waals surface area contributed by atoms with Crippen LogP contribution in [0, 0.1) is 0 Å². The molecule has 0 saturated heterocycles. The highest BCUT2D eigenvalue weighted by Gasteiger charge is 2.15. The van der Waals surface area contributed by atoms with Gasteiger partial charge in [-0.1, -0.05) is 12.1 Å². The van der Waals surface area contributed by atoms with Crippen LogP contribution in [-0.4, -0.2) is 27.4 Å². The Morgan fingerprint density at radius 1 is 1.33 bits per heavy atom. The van der Waals surface area contributed by atoms with Gasteiger partial charge in [-0.05, 0) is 30.5 Å². The molecule has 15 heavy (non-hydrogen) atoms. The molecule has 1 aromatic carbocycles. The Morgan fingerprint density at radius 2 is 1.93 bits per heavy atom. The minimum atomic E-state index is -1.09. The minimum Gasteiger partial charge on any atom is -0.508 e. The number of hydrogen-bond donors (Lipinski definition) is 4. The van der Waals surface area contributed by atoms with Crippen molar-refractivity contribution in [3.63, 3.8) is 0 Å². The average Bonchev–Trinajstić information content (AvgIpc) is 2.21. The molecule has 0 unspecified atom stereocenters. The summed E-state index contributed by atoms with van der Waals surface area (Å²) in [6, 6.07) is 5.55. The van der Waals surface area contributed by atoms with Crippen LogP contribution in [0.2, 0.25) is 0 Å². The van der Waals surface area contributed by atoms with Crippen LogP contribution < -0.4 is 5.48 Å². The van der Waals surface area contributed by atoms with E-state index in [9.17, 15) is 4.79 Å². The molecule has 0 aliphatic rings. The third-order valence-corrected chi connectivity index (χ3v) is 2.11. The molecule has 0 fully saturated rings. The Bertz CT molecular complexity index is 323. The van der Waals surface area contributed by atoms with Crippen molar-refractivity contribution in [3.8, 4) is 5.75 Å². The highest BCUT2D eigenvalue weighted by molar-refractivity contribution is 5.73. The maximum absolute atomic E-state index is 10.5. The number of aryl methyl sites for hydroxylation is 1. The van der Waals surface area contributed by atoms with Crippen LogP contribution >= 0.6 is 0 Å². The molecule has 0 amide bonds. The molecular weight excluding hydrogens is 198 g/mol. The Kier molecular flexibility index (Phi) is 4.08. The molecular formula is C10H13NO4. The fraction of sp³-hybridized carbons (Fsp3) is 0.300. The smallest absolute Gasteiger partial charge is 0.323 e. The van der Waals surface area contributed by atoms with Crippen LogP contribution in [0.3, 0.4) is 0 Å². The van der Waals surface area contributed by atoms with E-state index in [-0.39, 0.29) is 12.2 Å². The zero-order valence-corrected chi connectivity index (χ0v) is 8.05. The average molecular weight is 211 g/mol. The topological polar surface area (TPSA) is 89.8 Å². The van der Waals surface area contributed by atoms with E-state index >= 15 is 0 Å². The maximum Gasteiger partial charge on any atom is 0.323 e. The summed E-state index contributed by atoms with van der Waals surface area (Å²) in [4.78, 5) is 10.5. The van der Waals surface area contributed by atoms with Gasteiger partial charge in [-0.25, -0.2) is 0 Å². The second kappa shape index (κ2) is 5.33. The summed E-state index contributed by atoms with van der Waals surface area (Å²) in [5.41, 5.74) is 2.65. The molecule has 0 saturated carbocycles. The number of nitrogens with one attached hydrogen (secondary N) is 1. The third-order valence-electron chi connectivity index (χ3n) is 2.11. The molecule has 1 aromatic rings. The summed E-state index contributed by atoms with van der Waals surface area (Å²) in [5, 5.41) is 26.2. The number of phenolic OH excluding ortho intramolecular Hbond substituents is 1. The van der Waals surface area contributed by atoms with Crippen LogP contribution in [0.25, 0.3) is 0 Å². The summed E-state index contributed by atoms with van der Waals surface area (Å²) < 4.78 is 0. The van der Waals surface area contributed by atoms with Gasteiger partial charge >= 0.3 is 5.97 Å². The first-order valence-electron chi connectivity index (χ1n) is 4.54. The number of carboxylic acids is 1. The molecule has 0 heterocycles. The van der Waals surface area contributed by atoms with Crippen molar-refractivity contribution in [2.45, 2.75) is 18.9 Å². The Hall–Kier alpha value is -1.59. The van der Waals surface area contributed by atoms with Crippen molar-refractivity contribution in [2.75, 3.05) is 0 Å². The van der Waals surface area contributed by atoms with Gasteiger partial charge in [0.05, 0.1) is 0 Å². The summed E-state index contributed by atoms with van der Waals surface area (Å²) in [7, 11) is 0. The number of aromatic hydroxyl groups is 1. The molecule has 1 rings (SSSR count). The van der Waals surface area contributed by atoms with Crippen LogP contribution in [0.1, 0.15) is 12.0 Å². The Balaban J connectivity index is 2.49. The molecule has 0 bridgehead atoms. The molecule has 0 aliphatic carbocycles. The third kappa shape index (κ3) is 3.57. The van der Waals surface area contributed by atoms with Crippen LogP contribution in [0.4, 0.5) is 0 Å². The van der Waals surface area contributed by atoms with E-state index in [2.05, 4.69) is 0 Å². The number of carboxylic acid groups (broad SMARTS) is 1. The lowest BCUT2D eigenvalue weighted by Crippen LogP contribution is -2.34. The predicted molar refractivity (Wildman–Crippen MR) is 52.8 cm³/mol. The Labute approximate surface area is 86.9 Å². The van der Waals surface area contributed by atoms with E-state index in [1.54, 1.807) is 17.6 Å². The predicted octanol–water partition coefficient (Wildman–Crippen LogP) is 0.757. The number of phenols is 1. The van der Waals surface area contributed by atoms with E-state index < -0.39 is 12.0 Å². The zero-order valence-electron chi connectivity index (χ0n) is 8.05. The molecule has 1 atom stereocenters. The largest absolute Gasteiger partial charge is 0.508 e. The van der Waals surface area contributed by atoms with Crippen LogP contribution in [-0.2, 0) is 11.2 Å². The number of carbonyl (C=O) groups is 1. The van der Waals surface area contributed by atoms with Gasteiger partial charge in [-0.3, -0.25) is 4.79 Å². The van der Waals surface area contributed by atoms with Crippen molar-refractivity contribution in [2.24, 2.45) is 0 Å². The highest BCUT2D eigenvalue weighted by atomic mass is 16.5. The molecule has 5 heteroatoms. The lowest BCUT2D eigenvalue weighted by Gasteiger charge is -2.09. The summed E-state index contributed by atoms with van der Waals surface area (Å²) >= 11 is 0. The number of aliphatic carboxylic acids is 1. The number of hydrogen-bond acceptors (Lipinski definition) is 4. The van der Waals surface area contributed by atoms with Gasteiger partial charge in [0.2, 0.25) is 0 Å². The molecule has 4 N–H and O–H groups in total. The molecule has 0 aliphatic heterocycles. The minimum absolute atomic E-state index is 0.175. The maximum atomic E-state index is 10.5. The van der Waals surface area contributed by atoms with Gasteiger partial charge in [0, 0.05) is 0 Å². The van der Waals surface area contributed by atoms with E-state index in [1.807, 2.05) is 0 Å². The fourth-order valence-electron chi connectivity index (χ4n) is 1.22. The number of hydroxylamine groups is 1. The lowest BCUT2D eigenvalue weighted by molar-refractivity contribution is -0.142. The van der Waals surface area contributed by atoms with Crippen molar-refractivity contribution < 1.29 is 20.2 Å². The Morgan fingerprint density at radius 3 is 2.40 bits per heavy atom. The first-order chi connectivity index (χ1) is 7.13. The second-order valence-corrected chi connectivity index (χ2v) is 3.23. The van der Waals surface area contributed by atoms with Gasteiger partial charge in [-0.2, -0.15) is 5.48 Å². The normalized spacial score (nSPS) is 12.3. The fourth-order valence-corrected chi connectivity index (χ4v) is 1.22. The van der Waals surface area contributed by atoms with Crippen LogP contribution in [0.15, 0.2) is 24.3 Å². The number of rotatable bonds is 5. The van der Waals surface area contributed by atoms with E-state index in [0.29, 0.717) is 6.42 Å². The summed E-state index contributed by atoms with van der Waals surface area (Å²) in [6.45, 7) is 0. The van der Waals surface area contributed by atoms with Gasteiger partial charge in [-0.15, -0.1) is 0 Å². The summed E-state index contributed by atoms with van der Waals surface area (Å²) in [6.07, 6.45) is 0.807. The standard InChI is InChI=1S/C10H13NO4/c12-8-4-1-7(2-5-8)3-6-9(11-15)10(13)14/h1-2,4-5,9,11-12,15H,3,6H2,(H,13,14)/t9-/m0/s1. The molecule has 0 aromatic heterocycles. The van der Waals surface area contributed by atoms with Crippen molar-refractivity contribution >= 4 is 5.97 Å². The van der Waals surface area contributed by atoms with Gasteiger partial charge in [0.1, 0.15) is 11.8 Å². The van der Waals surface area contributed by atoms with Crippen molar-refractivity contribution in [1.82, 2.24) is 5.48 Å². The van der Waals surface area contributed by atoms with E-state index in [1.165, 1.54) is 12.1 Å². The monoisotopic (exact) mass is 211 g/mol. The number of benzene rings is 1. The SMILES string of the molecule is O=C(O)[C@H](CCc1ccc(O)cc1)NO. The van der Waals surface area contributed by atoms with E-state index in [0.717, 1.165) is 5.56 Å². The van der Waals surface area contributed by atoms with Crippen LogP contribution in [0.5, 0.6) is 5.75 Å². The van der Waals surface area contributed by atoms with Crippen molar-refractivity contribution in [3.05, 3.63) is 29.8 Å². The van der Waals surface area contributed by atoms with Gasteiger partial charge in [0.15, 0.2) is 0 Å². The summed E-state index contributed by atoms with van der Waals surface area (Å²) in [5.74, 6) is -0.912. The quantitative estimate of drug-likeness (QED) is 0.540.